The summed E-state index contributed by atoms with van der Waals surface area (Å²) >= 11 is 0. The van der Waals surface area contributed by atoms with Crippen molar-refractivity contribution in [3.63, 3.8) is 0 Å². The van der Waals surface area contributed by atoms with E-state index in [1.807, 2.05) is 6.07 Å². The minimum Gasteiger partial charge on any atom is -0.504 e. The molecule has 3 nitrogen and oxygen atoms in total. The second-order valence-electron chi connectivity index (χ2n) is 10.3. The Hall–Kier alpha value is -1.22. The summed E-state index contributed by atoms with van der Waals surface area (Å²) in [6.45, 7) is 8.58. The summed E-state index contributed by atoms with van der Waals surface area (Å²) in [6.07, 6.45) is 9.05. The van der Waals surface area contributed by atoms with Crippen molar-refractivity contribution in [2.75, 3.05) is 6.61 Å². The summed E-state index contributed by atoms with van der Waals surface area (Å²) in [5, 5.41) is 20.4. The highest BCUT2D eigenvalue weighted by molar-refractivity contribution is 5.49. The largest absolute Gasteiger partial charge is 0.504 e. The number of aromatic hydroxyl groups is 1. The van der Waals surface area contributed by atoms with Crippen LogP contribution in [-0.4, -0.2) is 22.4 Å². The summed E-state index contributed by atoms with van der Waals surface area (Å²) in [5.74, 6) is 3.87. The maximum Gasteiger partial charge on any atom is 0.161 e. The molecule has 2 fully saturated rings. The van der Waals surface area contributed by atoms with E-state index in [2.05, 4.69) is 19.9 Å². The average molecular weight is 373 g/mol. The third-order valence-electron chi connectivity index (χ3n) is 8.07. The minimum atomic E-state index is -0.906. The van der Waals surface area contributed by atoms with Crippen LogP contribution in [0.4, 0.5) is 0 Å². The number of fused-ring (bicyclic) bond motifs is 5. The lowest BCUT2D eigenvalue weighted by atomic mass is 9.54. The first-order valence-corrected chi connectivity index (χ1v) is 10.9. The normalized spacial score (nSPS) is 35.3. The first-order valence-electron chi connectivity index (χ1n) is 10.9. The number of hydrogen-bond donors (Lipinski definition) is 2. The fraction of sp³-hybridized carbons (Fsp3) is 0.750. The van der Waals surface area contributed by atoms with Gasteiger partial charge in [0.1, 0.15) is 6.61 Å². The van der Waals surface area contributed by atoms with E-state index in [4.69, 9.17) is 4.74 Å². The van der Waals surface area contributed by atoms with Gasteiger partial charge in [0.05, 0.1) is 5.60 Å². The first kappa shape index (κ1) is 19.1. The number of rotatable bonds is 4. The van der Waals surface area contributed by atoms with Gasteiger partial charge in [-0.15, -0.1) is 0 Å². The molecule has 0 saturated heterocycles. The quantitative estimate of drug-likeness (QED) is 0.741. The molecule has 3 heteroatoms. The van der Waals surface area contributed by atoms with E-state index >= 15 is 0 Å². The van der Waals surface area contributed by atoms with Crippen molar-refractivity contribution in [1.82, 2.24) is 0 Å². The van der Waals surface area contributed by atoms with E-state index < -0.39 is 5.60 Å². The van der Waals surface area contributed by atoms with Gasteiger partial charge >= 0.3 is 0 Å². The Morgan fingerprint density at radius 3 is 2.67 bits per heavy atom. The first-order chi connectivity index (χ1) is 12.7. The van der Waals surface area contributed by atoms with Gasteiger partial charge in [0.25, 0.3) is 0 Å². The minimum absolute atomic E-state index is 0.187. The molecule has 0 radical (unpaired) electrons. The van der Waals surface area contributed by atoms with Crippen molar-refractivity contribution in [3.05, 3.63) is 23.3 Å². The highest BCUT2D eigenvalue weighted by atomic mass is 16.5. The Morgan fingerprint density at radius 1 is 1.19 bits per heavy atom. The zero-order valence-corrected chi connectivity index (χ0v) is 17.4. The third kappa shape index (κ3) is 3.26. The zero-order valence-electron chi connectivity index (χ0n) is 17.4. The predicted molar refractivity (Wildman–Crippen MR) is 108 cm³/mol. The van der Waals surface area contributed by atoms with E-state index in [1.54, 1.807) is 13.8 Å². The predicted octanol–water partition coefficient (Wildman–Crippen LogP) is 5.42. The van der Waals surface area contributed by atoms with Crippen LogP contribution < -0.4 is 4.74 Å². The lowest BCUT2D eigenvalue weighted by Gasteiger charge is -2.51. The van der Waals surface area contributed by atoms with Crippen LogP contribution in [0.25, 0.3) is 0 Å². The summed E-state index contributed by atoms with van der Waals surface area (Å²) in [5.41, 5.74) is 2.33. The Labute approximate surface area is 164 Å². The average Bonchev–Trinajstić information content (AvgIpc) is 2.95. The topological polar surface area (TPSA) is 49.7 Å². The van der Waals surface area contributed by atoms with Crippen molar-refractivity contribution in [2.24, 2.45) is 23.2 Å². The Bertz CT molecular complexity index is 704. The molecule has 3 aliphatic rings. The number of phenols is 1. The summed E-state index contributed by atoms with van der Waals surface area (Å²) in [7, 11) is 0. The molecule has 2 N–H and O–H groups in total. The summed E-state index contributed by atoms with van der Waals surface area (Å²) in [6, 6.07) is 4.00. The van der Waals surface area contributed by atoms with Crippen LogP contribution in [-0.2, 0) is 6.42 Å². The second-order valence-corrected chi connectivity index (χ2v) is 10.3. The van der Waals surface area contributed by atoms with E-state index in [0.717, 1.165) is 24.2 Å². The van der Waals surface area contributed by atoms with Crippen LogP contribution >= 0.6 is 0 Å². The monoisotopic (exact) mass is 372 g/mol. The van der Waals surface area contributed by atoms with E-state index in [9.17, 15) is 10.2 Å². The van der Waals surface area contributed by atoms with Gasteiger partial charge in [-0.25, -0.2) is 0 Å². The molecule has 0 heterocycles. The molecule has 150 valence electrons. The van der Waals surface area contributed by atoms with Crippen LogP contribution in [0.1, 0.15) is 83.3 Å². The van der Waals surface area contributed by atoms with Gasteiger partial charge in [-0.3, -0.25) is 0 Å². The summed E-state index contributed by atoms with van der Waals surface area (Å²) in [4.78, 5) is 0. The molecule has 1 aromatic rings. The van der Waals surface area contributed by atoms with Crippen molar-refractivity contribution >= 4 is 0 Å². The van der Waals surface area contributed by atoms with Crippen LogP contribution in [0, 0.1) is 23.2 Å². The molecule has 1 aromatic carbocycles. The molecular weight excluding hydrogens is 336 g/mol. The molecule has 27 heavy (non-hydrogen) atoms. The SMILES string of the molecule is CC[C@H]1CC[C@H]2[C@@H]3CCc4cc(O)c(OCC(C)(C)O)cc4[C@H]3CC[C@]12C. The fourth-order valence-corrected chi connectivity index (χ4v) is 6.74. The molecule has 0 bridgehead atoms. The Kier molecular flexibility index (Phi) is 4.73. The number of aryl methyl sites for hydroxylation is 1. The maximum atomic E-state index is 10.4. The van der Waals surface area contributed by atoms with Gasteiger partial charge in [-0.2, -0.15) is 0 Å². The van der Waals surface area contributed by atoms with Crippen molar-refractivity contribution in [3.8, 4) is 11.5 Å². The highest BCUT2D eigenvalue weighted by Crippen LogP contribution is 2.63. The number of benzene rings is 1. The molecule has 3 aliphatic carbocycles. The molecule has 0 aromatic heterocycles. The molecule has 0 spiro atoms. The van der Waals surface area contributed by atoms with E-state index in [0.29, 0.717) is 17.1 Å². The van der Waals surface area contributed by atoms with E-state index in [1.165, 1.54) is 49.7 Å². The maximum absolute atomic E-state index is 10.4. The van der Waals surface area contributed by atoms with Gasteiger partial charge in [0.2, 0.25) is 0 Å². The molecule has 4 rings (SSSR count). The highest BCUT2D eigenvalue weighted by Gasteiger charge is 2.54. The molecule has 5 atom stereocenters. The van der Waals surface area contributed by atoms with Crippen LogP contribution in [0.2, 0.25) is 0 Å². The van der Waals surface area contributed by atoms with Gasteiger partial charge < -0.3 is 14.9 Å². The smallest absolute Gasteiger partial charge is 0.161 e. The number of hydrogen-bond acceptors (Lipinski definition) is 3. The third-order valence-corrected chi connectivity index (χ3v) is 8.07. The molecule has 0 aliphatic heterocycles. The summed E-state index contributed by atoms with van der Waals surface area (Å²) < 4.78 is 5.79. The molecule has 0 unspecified atom stereocenters. The van der Waals surface area contributed by atoms with Crippen molar-refractivity contribution in [2.45, 2.75) is 84.2 Å². The van der Waals surface area contributed by atoms with Crippen molar-refractivity contribution in [1.29, 1.82) is 0 Å². The molecule has 0 amide bonds. The zero-order chi connectivity index (χ0) is 19.4. The van der Waals surface area contributed by atoms with Crippen molar-refractivity contribution < 1.29 is 14.9 Å². The van der Waals surface area contributed by atoms with E-state index in [-0.39, 0.29) is 12.4 Å². The lowest BCUT2D eigenvalue weighted by Crippen LogP contribution is -2.42. The Morgan fingerprint density at radius 2 is 1.96 bits per heavy atom. The van der Waals surface area contributed by atoms with Gasteiger partial charge in [0.15, 0.2) is 11.5 Å². The standard InChI is InChI=1S/C24H36O3/c1-5-16-7-9-20-18-8-6-15-12-21(25)22(27-14-23(2,3)26)13-19(15)17(18)10-11-24(16,20)4/h12-13,16-18,20,25-26H,5-11,14H2,1-4H3/t16-,17-,18+,20-,24+/m0/s1. The number of aliphatic hydroxyl groups is 1. The second kappa shape index (κ2) is 6.69. The van der Waals surface area contributed by atoms with Gasteiger partial charge in [-0.05, 0) is 105 Å². The molecular formula is C24H36O3. The molecule has 2 saturated carbocycles. The van der Waals surface area contributed by atoms with Crippen LogP contribution in [0.5, 0.6) is 11.5 Å². The lowest BCUT2D eigenvalue weighted by molar-refractivity contribution is 0.0248. The van der Waals surface area contributed by atoms with Gasteiger partial charge in [-0.1, -0.05) is 20.3 Å². The number of ether oxygens (including phenoxy) is 1. The Balaban J connectivity index is 1.62. The fourth-order valence-electron chi connectivity index (χ4n) is 6.74. The number of phenolic OH excluding ortho intramolecular Hbond substituents is 1. The van der Waals surface area contributed by atoms with Gasteiger partial charge in [0, 0.05) is 0 Å². The van der Waals surface area contributed by atoms with Crippen LogP contribution in [0.3, 0.4) is 0 Å². The van der Waals surface area contributed by atoms with Crippen LogP contribution in [0.15, 0.2) is 12.1 Å².